The number of anilines is 1. The number of nitrogens with one attached hydrogen (secondary N) is 2. The summed E-state index contributed by atoms with van der Waals surface area (Å²) in [7, 11) is 1.73. The molecule has 0 radical (unpaired) electrons. The molecule has 1 aliphatic rings. The molecule has 1 aliphatic heterocycles. The summed E-state index contributed by atoms with van der Waals surface area (Å²) in [5, 5.41) is 9.94. The normalized spacial score (nSPS) is 19.4. The molecule has 1 atom stereocenters. The number of rotatable bonds is 5. The topological polar surface area (TPSA) is 96.3 Å². The van der Waals surface area contributed by atoms with Crippen molar-refractivity contribution in [2.24, 2.45) is 7.05 Å². The summed E-state index contributed by atoms with van der Waals surface area (Å²) in [6.07, 6.45) is 0.385. The third-order valence-electron chi connectivity index (χ3n) is 5.19. The van der Waals surface area contributed by atoms with Gasteiger partial charge < -0.3 is 10.6 Å². The van der Waals surface area contributed by atoms with Gasteiger partial charge in [0.05, 0.1) is 5.69 Å². The molecule has 2 N–H and O–H groups in total. The van der Waals surface area contributed by atoms with E-state index in [0.717, 1.165) is 10.6 Å². The van der Waals surface area contributed by atoms with Crippen molar-refractivity contribution in [3.63, 3.8) is 0 Å². The number of nitrogens with zero attached hydrogens (tertiary/aromatic N) is 3. The van der Waals surface area contributed by atoms with Crippen molar-refractivity contribution in [2.45, 2.75) is 45.1 Å². The highest BCUT2D eigenvalue weighted by Crippen LogP contribution is 2.32. The third kappa shape index (κ3) is 3.74. The van der Waals surface area contributed by atoms with E-state index in [1.807, 2.05) is 45.9 Å². The van der Waals surface area contributed by atoms with Crippen LogP contribution in [0.15, 0.2) is 36.4 Å². The number of aromatic nitrogens is 2. The zero-order chi connectivity index (χ0) is 21.4. The standard InChI is InChI=1S/C21H27N5O3/c1-6-21(14-10-8-7-9-11-14)18(28)26(19(29)23-21)13-17(27)22-16-12-15(20(2,3)4)24-25(16)5/h7-12H,6,13H2,1-5H3,(H,22,27)(H,23,29)/t21-/m0/s1. The van der Waals surface area contributed by atoms with Gasteiger partial charge in [0.2, 0.25) is 5.91 Å². The minimum absolute atomic E-state index is 0.165. The molecule has 4 amide bonds. The van der Waals surface area contributed by atoms with Crippen LogP contribution in [-0.4, -0.2) is 39.1 Å². The quantitative estimate of drug-likeness (QED) is 0.758. The highest BCUT2D eigenvalue weighted by molar-refractivity contribution is 6.10. The smallest absolute Gasteiger partial charge is 0.319 e. The van der Waals surface area contributed by atoms with Crippen LogP contribution in [0, 0.1) is 0 Å². The highest BCUT2D eigenvalue weighted by Gasteiger charge is 2.51. The lowest BCUT2D eigenvalue weighted by Crippen LogP contribution is -2.44. The van der Waals surface area contributed by atoms with E-state index in [9.17, 15) is 14.4 Å². The van der Waals surface area contributed by atoms with Crippen LogP contribution in [0.5, 0.6) is 0 Å². The maximum Gasteiger partial charge on any atom is 0.325 e. The highest BCUT2D eigenvalue weighted by atomic mass is 16.2. The van der Waals surface area contributed by atoms with Gasteiger partial charge in [-0.3, -0.25) is 19.2 Å². The second kappa shape index (κ2) is 7.35. The van der Waals surface area contributed by atoms with Crippen LogP contribution < -0.4 is 10.6 Å². The zero-order valence-corrected chi connectivity index (χ0v) is 17.4. The number of imide groups is 1. The van der Waals surface area contributed by atoms with E-state index in [4.69, 9.17) is 0 Å². The molecule has 8 heteroatoms. The summed E-state index contributed by atoms with van der Waals surface area (Å²) >= 11 is 0. The lowest BCUT2D eigenvalue weighted by Gasteiger charge is -2.25. The number of carbonyl (C=O) groups is 3. The Morgan fingerprint density at radius 2 is 1.86 bits per heavy atom. The fraction of sp³-hybridized carbons (Fsp3) is 0.429. The van der Waals surface area contributed by atoms with Gasteiger partial charge in [-0.1, -0.05) is 58.0 Å². The van der Waals surface area contributed by atoms with Gasteiger partial charge in [0, 0.05) is 18.5 Å². The van der Waals surface area contributed by atoms with Crippen LogP contribution in [0.25, 0.3) is 0 Å². The summed E-state index contributed by atoms with van der Waals surface area (Å²) < 4.78 is 1.57. The van der Waals surface area contributed by atoms with Gasteiger partial charge in [-0.25, -0.2) is 4.79 Å². The molecule has 0 aliphatic carbocycles. The van der Waals surface area contributed by atoms with E-state index in [0.29, 0.717) is 17.8 Å². The number of hydrogen-bond acceptors (Lipinski definition) is 4. The molecule has 2 aromatic rings. The predicted molar refractivity (Wildman–Crippen MR) is 109 cm³/mol. The first-order chi connectivity index (χ1) is 13.6. The molecule has 29 heavy (non-hydrogen) atoms. The molecule has 1 fully saturated rings. The minimum Gasteiger partial charge on any atom is -0.319 e. The van der Waals surface area contributed by atoms with E-state index < -0.39 is 23.4 Å². The average Bonchev–Trinajstić information content (AvgIpc) is 3.15. The van der Waals surface area contributed by atoms with E-state index in [1.54, 1.807) is 29.9 Å². The van der Waals surface area contributed by atoms with Crippen molar-refractivity contribution in [3.8, 4) is 0 Å². The number of hydrogen-bond donors (Lipinski definition) is 2. The predicted octanol–water partition coefficient (Wildman–Crippen LogP) is 2.51. The molecule has 0 spiro atoms. The van der Waals surface area contributed by atoms with E-state index in [-0.39, 0.29) is 12.0 Å². The molecule has 8 nitrogen and oxygen atoms in total. The molecule has 1 aromatic heterocycles. The summed E-state index contributed by atoms with van der Waals surface area (Å²) in [6.45, 7) is 7.56. The summed E-state index contributed by atoms with van der Waals surface area (Å²) in [5.41, 5.74) is 0.219. The lowest BCUT2D eigenvalue weighted by atomic mass is 9.87. The first-order valence-corrected chi connectivity index (χ1v) is 9.62. The molecule has 0 unspecified atom stereocenters. The maximum atomic E-state index is 13.1. The van der Waals surface area contributed by atoms with Crippen LogP contribution in [0.2, 0.25) is 0 Å². The van der Waals surface area contributed by atoms with Gasteiger partial charge >= 0.3 is 6.03 Å². The van der Waals surface area contributed by atoms with Crippen molar-refractivity contribution in [3.05, 3.63) is 47.7 Å². The Morgan fingerprint density at radius 1 is 1.21 bits per heavy atom. The molecule has 0 bridgehead atoms. The van der Waals surface area contributed by atoms with Crippen LogP contribution in [0.4, 0.5) is 10.6 Å². The van der Waals surface area contributed by atoms with Crippen molar-refractivity contribution < 1.29 is 14.4 Å². The second-order valence-electron chi connectivity index (χ2n) is 8.28. The van der Waals surface area contributed by atoms with Crippen LogP contribution in [-0.2, 0) is 27.6 Å². The Kier molecular flexibility index (Phi) is 5.21. The van der Waals surface area contributed by atoms with Gasteiger partial charge in [0.15, 0.2) is 0 Å². The number of aryl methyl sites for hydroxylation is 1. The molecular weight excluding hydrogens is 370 g/mol. The largest absolute Gasteiger partial charge is 0.325 e. The fourth-order valence-electron chi connectivity index (χ4n) is 3.41. The van der Waals surface area contributed by atoms with Gasteiger partial charge in [0.1, 0.15) is 17.9 Å². The van der Waals surface area contributed by atoms with Gasteiger partial charge in [0.25, 0.3) is 5.91 Å². The van der Waals surface area contributed by atoms with Gasteiger partial charge in [-0.05, 0) is 12.0 Å². The Labute approximate surface area is 170 Å². The monoisotopic (exact) mass is 397 g/mol. The lowest BCUT2D eigenvalue weighted by molar-refractivity contribution is -0.134. The second-order valence-corrected chi connectivity index (χ2v) is 8.28. The molecule has 1 aromatic carbocycles. The number of amides is 4. The fourth-order valence-corrected chi connectivity index (χ4v) is 3.41. The van der Waals surface area contributed by atoms with E-state index in [1.165, 1.54) is 0 Å². The zero-order valence-electron chi connectivity index (χ0n) is 17.4. The van der Waals surface area contributed by atoms with Gasteiger partial charge in [-0.15, -0.1) is 0 Å². The summed E-state index contributed by atoms with van der Waals surface area (Å²) in [6, 6.07) is 10.3. The van der Waals surface area contributed by atoms with E-state index >= 15 is 0 Å². The number of urea groups is 1. The molecule has 1 saturated heterocycles. The third-order valence-corrected chi connectivity index (χ3v) is 5.19. The number of benzene rings is 1. The van der Waals surface area contributed by atoms with E-state index in [2.05, 4.69) is 15.7 Å². The first-order valence-electron chi connectivity index (χ1n) is 9.62. The Hall–Kier alpha value is -3.16. The average molecular weight is 397 g/mol. The van der Waals surface area contributed by atoms with Crippen LogP contribution in [0.1, 0.15) is 45.4 Å². The molecule has 154 valence electrons. The molecule has 2 heterocycles. The SMILES string of the molecule is CC[C@@]1(c2ccccc2)NC(=O)N(CC(=O)Nc2cc(C(C)(C)C)nn2C)C1=O. The van der Waals surface area contributed by atoms with Crippen LogP contribution in [0.3, 0.4) is 0 Å². The molecular formula is C21H27N5O3. The number of carbonyl (C=O) groups excluding carboxylic acids is 3. The molecule has 3 rings (SSSR count). The Balaban J connectivity index is 1.77. The minimum atomic E-state index is -1.15. The Morgan fingerprint density at radius 3 is 2.41 bits per heavy atom. The maximum absolute atomic E-state index is 13.1. The van der Waals surface area contributed by atoms with Crippen molar-refractivity contribution in [1.29, 1.82) is 0 Å². The molecule has 0 saturated carbocycles. The van der Waals surface area contributed by atoms with Crippen molar-refractivity contribution in [2.75, 3.05) is 11.9 Å². The summed E-state index contributed by atoms with van der Waals surface area (Å²) in [5.74, 6) is -0.375. The Bertz CT molecular complexity index is 945. The van der Waals surface area contributed by atoms with Crippen LogP contribution >= 0.6 is 0 Å². The van der Waals surface area contributed by atoms with Crippen molar-refractivity contribution >= 4 is 23.7 Å². The first kappa shape index (κ1) is 20.6. The summed E-state index contributed by atoms with van der Waals surface area (Å²) in [4.78, 5) is 39.2. The van der Waals surface area contributed by atoms with Crippen molar-refractivity contribution in [1.82, 2.24) is 20.0 Å². The van der Waals surface area contributed by atoms with Gasteiger partial charge in [-0.2, -0.15) is 5.10 Å².